The number of carbonyl (C=O) groups is 2. The van der Waals surface area contributed by atoms with Gasteiger partial charge < -0.3 is 19.5 Å². The Morgan fingerprint density at radius 3 is 2.74 bits per heavy atom. The van der Waals surface area contributed by atoms with Crippen LogP contribution < -0.4 is 10.1 Å². The monoisotopic (exact) mass is 418 g/mol. The van der Waals surface area contributed by atoms with E-state index in [0.29, 0.717) is 31.5 Å². The molecule has 31 heavy (non-hydrogen) atoms. The molecule has 0 radical (unpaired) electrons. The molecule has 0 spiro atoms. The average Bonchev–Trinajstić information content (AvgIpc) is 3.19. The van der Waals surface area contributed by atoms with Crippen LogP contribution in [0.2, 0.25) is 0 Å². The van der Waals surface area contributed by atoms with Gasteiger partial charge in [0.2, 0.25) is 5.91 Å². The third-order valence-electron chi connectivity index (χ3n) is 5.60. The van der Waals surface area contributed by atoms with Gasteiger partial charge in [0.25, 0.3) is 5.91 Å². The number of nitrogens with zero attached hydrogens (tertiary/aromatic N) is 3. The van der Waals surface area contributed by atoms with Gasteiger partial charge in [0.15, 0.2) is 6.04 Å². The highest BCUT2D eigenvalue weighted by atomic mass is 16.5. The molecular weight excluding hydrogens is 392 g/mol. The van der Waals surface area contributed by atoms with Crippen molar-refractivity contribution in [3.05, 3.63) is 83.4 Å². The third kappa shape index (κ3) is 4.30. The summed E-state index contributed by atoms with van der Waals surface area (Å²) in [7, 11) is 3.49. The molecule has 0 fully saturated rings. The first-order valence-electron chi connectivity index (χ1n) is 10.3. The van der Waals surface area contributed by atoms with Gasteiger partial charge in [-0.2, -0.15) is 0 Å². The van der Waals surface area contributed by atoms with E-state index in [1.807, 2.05) is 54.1 Å². The lowest BCUT2D eigenvalue weighted by Crippen LogP contribution is -2.48. The number of amides is 2. The fourth-order valence-corrected chi connectivity index (χ4v) is 4.02. The van der Waals surface area contributed by atoms with E-state index >= 15 is 0 Å². The van der Waals surface area contributed by atoms with Crippen LogP contribution in [-0.4, -0.2) is 46.5 Å². The largest absolute Gasteiger partial charge is 0.497 e. The summed E-state index contributed by atoms with van der Waals surface area (Å²) in [5.74, 6) is 0.437. The lowest BCUT2D eigenvalue weighted by atomic mass is 10.00. The number of hydrogen-bond acceptors (Lipinski definition) is 4. The van der Waals surface area contributed by atoms with Crippen molar-refractivity contribution in [1.29, 1.82) is 0 Å². The standard InChI is InChI=1S/C24H26N4O3/c1-27-16-26-20-12-14-28(24(30)18-8-4-3-5-9-18)22(21(20)27)23(29)25-13-11-17-7-6-10-19(15-17)31-2/h3-10,15-16,22H,11-14H2,1-2H3,(H,25,29). The molecule has 0 saturated heterocycles. The van der Waals surface area contributed by atoms with Crippen molar-refractivity contribution in [2.24, 2.45) is 7.05 Å². The number of carbonyl (C=O) groups excluding carboxylic acids is 2. The normalized spacial score (nSPS) is 15.3. The van der Waals surface area contributed by atoms with Gasteiger partial charge in [-0.3, -0.25) is 9.59 Å². The van der Waals surface area contributed by atoms with E-state index in [0.717, 1.165) is 22.7 Å². The molecule has 0 bridgehead atoms. The van der Waals surface area contributed by atoms with Crippen molar-refractivity contribution < 1.29 is 14.3 Å². The first-order valence-corrected chi connectivity index (χ1v) is 10.3. The molecule has 0 aliphatic carbocycles. The molecule has 2 amide bonds. The van der Waals surface area contributed by atoms with Crippen LogP contribution >= 0.6 is 0 Å². The second kappa shape index (κ2) is 9.04. The molecule has 0 saturated carbocycles. The van der Waals surface area contributed by atoms with Crippen molar-refractivity contribution in [3.63, 3.8) is 0 Å². The van der Waals surface area contributed by atoms with E-state index in [2.05, 4.69) is 10.3 Å². The van der Waals surface area contributed by atoms with E-state index in [1.54, 1.807) is 30.5 Å². The zero-order chi connectivity index (χ0) is 21.8. The predicted octanol–water partition coefficient (Wildman–Crippen LogP) is 2.53. The molecule has 1 N–H and O–H groups in total. The van der Waals surface area contributed by atoms with Crippen LogP contribution in [0.1, 0.15) is 33.4 Å². The number of nitrogens with one attached hydrogen (secondary N) is 1. The molecule has 1 aliphatic rings. The Kier molecular flexibility index (Phi) is 6.02. The second-order valence-electron chi connectivity index (χ2n) is 7.60. The molecule has 1 aliphatic heterocycles. The topological polar surface area (TPSA) is 76.5 Å². The van der Waals surface area contributed by atoms with Crippen LogP contribution in [0.4, 0.5) is 0 Å². The van der Waals surface area contributed by atoms with Crippen LogP contribution in [0.5, 0.6) is 5.75 Å². The number of methoxy groups -OCH3 is 1. The predicted molar refractivity (Wildman–Crippen MR) is 117 cm³/mol. The summed E-state index contributed by atoms with van der Waals surface area (Å²) >= 11 is 0. The van der Waals surface area contributed by atoms with Crippen LogP contribution in [0.15, 0.2) is 60.9 Å². The van der Waals surface area contributed by atoms with Gasteiger partial charge >= 0.3 is 0 Å². The van der Waals surface area contributed by atoms with Crippen molar-refractivity contribution >= 4 is 11.8 Å². The number of benzene rings is 2. The molecule has 2 heterocycles. The van der Waals surface area contributed by atoms with Crippen molar-refractivity contribution in [2.75, 3.05) is 20.2 Å². The van der Waals surface area contributed by atoms with Gasteiger partial charge in [-0.15, -0.1) is 0 Å². The molecule has 1 aromatic heterocycles. The molecule has 1 atom stereocenters. The SMILES string of the molecule is COc1cccc(CCNC(=O)C2c3c(ncn3C)CCN2C(=O)c2ccccc2)c1. The number of aromatic nitrogens is 2. The lowest BCUT2D eigenvalue weighted by molar-refractivity contribution is -0.126. The Balaban J connectivity index is 1.53. The first-order chi connectivity index (χ1) is 15.1. The lowest BCUT2D eigenvalue weighted by Gasteiger charge is -2.35. The Bertz CT molecular complexity index is 1080. The Morgan fingerprint density at radius 1 is 1.16 bits per heavy atom. The Morgan fingerprint density at radius 2 is 1.97 bits per heavy atom. The summed E-state index contributed by atoms with van der Waals surface area (Å²) < 4.78 is 7.10. The van der Waals surface area contributed by atoms with Gasteiger partial charge in [-0.25, -0.2) is 4.98 Å². The first kappa shape index (κ1) is 20.7. The van der Waals surface area contributed by atoms with Crippen LogP contribution in [0.3, 0.4) is 0 Å². The molecule has 4 rings (SSSR count). The summed E-state index contributed by atoms with van der Waals surface area (Å²) in [5.41, 5.74) is 3.28. The summed E-state index contributed by atoms with van der Waals surface area (Å²) in [6.07, 6.45) is 3.00. The zero-order valence-corrected chi connectivity index (χ0v) is 17.7. The Hall–Kier alpha value is -3.61. The zero-order valence-electron chi connectivity index (χ0n) is 17.7. The van der Waals surface area contributed by atoms with Crippen molar-refractivity contribution in [1.82, 2.24) is 19.8 Å². The van der Waals surface area contributed by atoms with E-state index in [-0.39, 0.29) is 11.8 Å². The number of aryl methyl sites for hydroxylation is 1. The van der Waals surface area contributed by atoms with Crippen molar-refractivity contribution in [2.45, 2.75) is 18.9 Å². The summed E-state index contributed by atoms with van der Waals surface area (Å²) in [4.78, 5) is 32.6. The van der Waals surface area contributed by atoms with Gasteiger partial charge in [0.1, 0.15) is 5.75 Å². The molecular formula is C24H26N4O3. The van der Waals surface area contributed by atoms with Gasteiger partial charge in [-0.05, 0) is 36.2 Å². The maximum absolute atomic E-state index is 13.3. The quantitative estimate of drug-likeness (QED) is 0.667. The van der Waals surface area contributed by atoms with E-state index in [1.165, 1.54) is 0 Å². The van der Waals surface area contributed by atoms with E-state index in [4.69, 9.17) is 4.74 Å². The third-order valence-corrected chi connectivity index (χ3v) is 5.60. The number of ether oxygens (including phenoxy) is 1. The van der Waals surface area contributed by atoms with Crippen LogP contribution in [0, 0.1) is 0 Å². The van der Waals surface area contributed by atoms with Gasteiger partial charge in [0, 0.05) is 32.1 Å². The van der Waals surface area contributed by atoms with E-state index < -0.39 is 6.04 Å². The average molecular weight is 418 g/mol. The van der Waals surface area contributed by atoms with Crippen molar-refractivity contribution in [3.8, 4) is 5.75 Å². The summed E-state index contributed by atoms with van der Waals surface area (Å²) in [6, 6.07) is 16.1. The molecule has 7 nitrogen and oxygen atoms in total. The summed E-state index contributed by atoms with van der Waals surface area (Å²) in [6.45, 7) is 0.911. The smallest absolute Gasteiger partial charge is 0.254 e. The number of fused-ring (bicyclic) bond motifs is 1. The minimum absolute atomic E-state index is 0.152. The number of imidazole rings is 1. The molecule has 1 unspecified atom stereocenters. The van der Waals surface area contributed by atoms with Crippen LogP contribution in [0.25, 0.3) is 0 Å². The minimum atomic E-state index is -0.714. The second-order valence-corrected chi connectivity index (χ2v) is 7.60. The van der Waals surface area contributed by atoms with Crippen LogP contribution in [-0.2, 0) is 24.7 Å². The number of rotatable bonds is 6. The molecule has 3 aromatic rings. The maximum Gasteiger partial charge on any atom is 0.254 e. The summed E-state index contributed by atoms with van der Waals surface area (Å²) in [5, 5.41) is 3.02. The van der Waals surface area contributed by atoms with Gasteiger partial charge in [0.05, 0.1) is 24.8 Å². The fourth-order valence-electron chi connectivity index (χ4n) is 4.02. The minimum Gasteiger partial charge on any atom is -0.497 e. The molecule has 160 valence electrons. The Labute approximate surface area is 181 Å². The highest BCUT2D eigenvalue weighted by molar-refractivity contribution is 5.98. The fraction of sp³-hybridized carbons (Fsp3) is 0.292. The molecule has 7 heteroatoms. The molecule has 2 aromatic carbocycles. The number of hydrogen-bond donors (Lipinski definition) is 1. The van der Waals surface area contributed by atoms with Gasteiger partial charge in [-0.1, -0.05) is 30.3 Å². The highest BCUT2D eigenvalue weighted by Crippen LogP contribution is 2.30. The maximum atomic E-state index is 13.3. The van der Waals surface area contributed by atoms with E-state index in [9.17, 15) is 9.59 Å². The highest BCUT2D eigenvalue weighted by Gasteiger charge is 2.38.